The van der Waals surface area contributed by atoms with E-state index in [1.54, 1.807) is 0 Å². The van der Waals surface area contributed by atoms with Crippen LogP contribution in [0.4, 0.5) is 0 Å². The minimum absolute atomic E-state index is 0.00309. The molecule has 0 bridgehead atoms. The van der Waals surface area contributed by atoms with Crippen LogP contribution in [-0.4, -0.2) is 104 Å². The van der Waals surface area contributed by atoms with E-state index >= 15 is 0 Å². The Hall–Kier alpha value is -1.70. The molecule has 47 heavy (non-hydrogen) atoms. The molecular formula is C36H56O11. The van der Waals surface area contributed by atoms with Crippen molar-refractivity contribution in [3.8, 4) is 0 Å². The zero-order valence-corrected chi connectivity index (χ0v) is 28.6. The van der Waals surface area contributed by atoms with Crippen LogP contribution in [0.5, 0.6) is 0 Å². The topological polar surface area (TPSA) is 194 Å². The Morgan fingerprint density at radius 1 is 1.00 bits per heavy atom. The van der Waals surface area contributed by atoms with Gasteiger partial charge in [-0.3, -0.25) is 9.59 Å². The summed E-state index contributed by atoms with van der Waals surface area (Å²) in [5, 5.41) is 73.4. The standard InChI is InChI=1S/C36H56O11/c1-19(20(2)39)9-12-36(31(45)47-30-28(43)27(42)26(41)23(17-37)46-30)14-13-34(5)21(15-36)7-8-25-32(3)16-22(40)29(44)33(4,18-38)24(32)10-11-35(25,34)6/h7-8,15,19,22-30,37-38,40-44H,9-14,16-18H2,1-6H3/t19?,22-,23-,24-,25-,26-,27+,28-,29+,30+,32+,33+,34-,35-,36+/m1/s1. The van der Waals surface area contributed by atoms with Gasteiger partial charge in [-0.1, -0.05) is 52.8 Å². The maximum absolute atomic E-state index is 14.2. The van der Waals surface area contributed by atoms with E-state index in [4.69, 9.17) is 9.47 Å². The molecule has 0 aromatic rings. The van der Waals surface area contributed by atoms with Crippen LogP contribution in [0.15, 0.2) is 23.8 Å². The molecule has 266 valence electrons. The predicted octanol–water partition coefficient (Wildman–Crippen LogP) is 1.78. The summed E-state index contributed by atoms with van der Waals surface area (Å²) in [5.74, 6) is -0.962. The van der Waals surface area contributed by atoms with Crippen LogP contribution in [-0.2, 0) is 19.1 Å². The largest absolute Gasteiger partial charge is 0.432 e. The Balaban J connectivity index is 1.53. The molecule has 0 spiro atoms. The van der Waals surface area contributed by atoms with Crippen molar-refractivity contribution < 1.29 is 54.8 Å². The molecule has 1 saturated heterocycles. The van der Waals surface area contributed by atoms with Gasteiger partial charge in [-0.05, 0) is 85.5 Å². The Morgan fingerprint density at radius 3 is 2.30 bits per heavy atom. The maximum atomic E-state index is 14.2. The lowest BCUT2D eigenvalue weighted by atomic mass is 9.36. The highest BCUT2D eigenvalue weighted by molar-refractivity contribution is 5.81. The number of Topliss-reactive ketones (excluding diaryl/α,β-unsaturated/α-hetero) is 1. The van der Waals surface area contributed by atoms with Gasteiger partial charge in [0.15, 0.2) is 0 Å². The molecule has 11 heteroatoms. The fourth-order valence-corrected chi connectivity index (χ4v) is 10.4. The first-order valence-electron chi connectivity index (χ1n) is 17.3. The summed E-state index contributed by atoms with van der Waals surface area (Å²) in [6.45, 7) is 11.0. The Kier molecular flexibility index (Phi) is 9.78. The van der Waals surface area contributed by atoms with Gasteiger partial charge in [-0.2, -0.15) is 0 Å². The molecule has 11 nitrogen and oxygen atoms in total. The average molecular weight is 665 g/mol. The van der Waals surface area contributed by atoms with Crippen molar-refractivity contribution in [1.29, 1.82) is 0 Å². The number of hydrogen-bond donors (Lipinski definition) is 7. The summed E-state index contributed by atoms with van der Waals surface area (Å²) >= 11 is 0. The second kappa shape index (κ2) is 12.6. The summed E-state index contributed by atoms with van der Waals surface area (Å²) in [7, 11) is 0. The lowest BCUT2D eigenvalue weighted by molar-refractivity contribution is -0.295. The summed E-state index contributed by atoms with van der Waals surface area (Å²) in [6.07, 6.45) is 0.0829. The molecule has 0 radical (unpaired) electrons. The van der Waals surface area contributed by atoms with Gasteiger partial charge in [0.05, 0.1) is 30.8 Å². The first-order valence-corrected chi connectivity index (χ1v) is 17.3. The molecule has 7 N–H and O–H groups in total. The molecule has 2 saturated carbocycles. The van der Waals surface area contributed by atoms with Crippen LogP contribution >= 0.6 is 0 Å². The van der Waals surface area contributed by atoms with E-state index in [1.807, 2.05) is 19.9 Å². The van der Waals surface area contributed by atoms with Gasteiger partial charge in [0, 0.05) is 11.3 Å². The summed E-state index contributed by atoms with van der Waals surface area (Å²) in [4.78, 5) is 26.4. The van der Waals surface area contributed by atoms with Crippen molar-refractivity contribution in [3.63, 3.8) is 0 Å². The first kappa shape index (κ1) is 36.6. The van der Waals surface area contributed by atoms with Crippen LogP contribution in [0.1, 0.15) is 86.5 Å². The number of carbonyl (C=O) groups excluding carboxylic acids is 2. The van der Waals surface area contributed by atoms with Gasteiger partial charge in [0.25, 0.3) is 0 Å². The lowest BCUT2D eigenvalue weighted by Crippen LogP contribution is -2.67. The third-order valence-electron chi connectivity index (χ3n) is 14.0. The minimum atomic E-state index is -1.73. The predicted molar refractivity (Wildman–Crippen MR) is 170 cm³/mol. The lowest BCUT2D eigenvalue weighted by Gasteiger charge is -2.69. The molecule has 0 aromatic carbocycles. The highest BCUT2D eigenvalue weighted by Gasteiger charge is 2.68. The van der Waals surface area contributed by atoms with E-state index in [1.165, 1.54) is 6.92 Å². The molecule has 0 amide bonds. The third kappa shape index (κ3) is 5.48. The summed E-state index contributed by atoms with van der Waals surface area (Å²) in [5.41, 5.74) is -2.11. The van der Waals surface area contributed by atoms with Gasteiger partial charge in [0.1, 0.15) is 30.2 Å². The van der Waals surface area contributed by atoms with E-state index in [2.05, 4.69) is 32.9 Å². The number of carbonyl (C=O) groups is 2. The number of fused-ring (bicyclic) bond motifs is 5. The molecular weight excluding hydrogens is 608 g/mol. The monoisotopic (exact) mass is 664 g/mol. The number of ether oxygens (including phenoxy) is 2. The zero-order valence-electron chi connectivity index (χ0n) is 28.6. The third-order valence-corrected chi connectivity index (χ3v) is 14.0. The second-order valence-electron chi connectivity index (χ2n) is 16.5. The van der Waals surface area contributed by atoms with Crippen molar-refractivity contribution >= 4 is 11.8 Å². The number of esters is 1. The Morgan fingerprint density at radius 2 is 1.68 bits per heavy atom. The molecule has 1 heterocycles. The number of allylic oxidation sites excluding steroid dienone is 3. The SMILES string of the molecule is CC(=O)C(C)CC[C@@]1(C(=O)O[C@@H]2O[C@H](CO)[C@@H](O)[C@H](O)[C@H]2O)C=C2C=C[C@@H]3[C@@]4(C)C[C@@H](O)[C@H](O)[C@@](C)(CO)[C@@H]4CC[C@@]3(C)[C@]2(C)CC1. The Bertz CT molecular complexity index is 1280. The highest BCUT2D eigenvalue weighted by Crippen LogP contribution is 2.72. The fraction of sp³-hybridized carbons (Fsp3) is 0.833. The van der Waals surface area contributed by atoms with Crippen molar-refractivity contribution in [3.05, 3.63) is 23.8 Å². The summed E-state index contributed by atoms with van der Waals surface area (Å²) < 4.78 is 11.3. The molecule has 15 atom stereocenters. The molecule has 1 unspecified atom stereocenters. The molecule has 4 aliphatic carbocycles. The number of aliphatic hydroxyl groups is 7. The highest BCUT2D eigenvalue weighted by atomic mass is 16.7. The molecule has 5 rings (SSSR count). The molecule has 1 aliphatic heterocycles. The van der Waals surface area contributed by atoms with Crippen molar-refractivity contribution in [2.75, 3.05) is 13.2 Å². The fourth-order valence-electron chi connectivity index (χ4n) is 10.4. The van der Waals surface area contributed by atoms with Crippen molar-refractivity contribution in [2.45, 2.75) is 129 Å². The van der Waals surface area contributed by atoms with Crippen molar-refractivity contribution in [2.24, 2.45) is 44.8 Å². The van der Waals surface area contributed by atoms with E-state index in [0.717, 1.165) is 18.4 Å². The number of ketones is 1. The van der Waals surface area contributed by atoms with E-state index < -0.39 is 71.7 Å². The zero-order chi connectivity index (χ0) is 34.9. The molecule has 5 aliphatic rings. The smallest absolute Gasteiger partial charge is 0.318 e. The molecule has 0 aromatic heterocycles. The van der Waals surface area contributed by atoms with E-state index in [9.17, 15) is 45.3 Å². The Labute approximate surface area is 277 Å². The van der Waals surface area contributed by atoms with Crippen LogP contribution in [0.3, 0.4) is 0 Å². The second-order valence-corrected chi connectivity index (χ2v) is 16.5. The van der Waals surface area contributed by atoms with Crippen LogP contribution < -0.4 is 0 Å². The van der Waals surface area contributed by atoms with Crippen molar-refractivity contribution in [1.82, 2.24) is 0 Å². The number of aliphatic hydroxyl groups excluding tert-OH is 7. The van der Waals surface area contributed by atoms with E-state index in [-0.39, 0.29) is 41.0 Å². The van der Waals surface area contributed by atoms with Gasteiger partial charge in [0.2, 0.25) is 6.29 Å². The quantitative estimate of drug-likeness (QED) is 0.187. The van der Waals surface area contributed by atoms with Crippen LogP contribution in [0, 0.1) is 44.8 Å². The normalized spacial score (nSPS) is 50.0. The van der Waals surface area contributed by atoms with Gasteiger partial charge >= 0.3 is 5.97 Å². The minimum Gasteiger partial charge on any atom is -0.432 e. The first-order chi connectivity index (χ1) is 21.8. The van der Waals surface area contributed by atoms with E-state index in [0.29, 0.717) is 32.1 Å². The summed E-state index contributed by atoms with van der Waals surface area (Å²) in [6, 6.07) is 0. The average Bonchev–Trinajstić information content (AvgIpc) is 3.02. The maximum Gasteiger partial charge on any atom is 0.318 e. The number of rotatable bonds is 8. The van der Waals surface area contributed by atoms with Gasteiger partial charge < -0.3 is 45.2 Å². The molecule has 3 fully saturated rings. The van der Waals surface area contributed by atoms with Crippen LogP contribution in [0.25, 0.3) is 0 Å². The van der Waals surface area contributed by atoms with Gasteiger partial charge in [-0.15, -0.1) is 0 Å². The van der Waals surface area contributed by atoms with Crippen LogP contribution in [0.2, 0.25) is 0 Å². The van der Waals surface area contributed by atoms with Gasteiger partial charge in [-0.25, -0.2) is 0 Å². The number of hydrogen-bond acceptors (Lipinski definition) is 11.